The van der Waals surface area contributed by atoms with Crippen LogP contribution in [-0.2, 0) is 6.42 Å². The minimum atomic E-state index is 0.594. The van der Waals surface area contributed by atoms with Crippen LogP contribution in [0.15, 0.2) is 24.3 Å². The monoisotopic (exact) mass is 245 g/mol. The van der Waals surface area contributed by atoms with Gasteiger partial charge in [-0.3, -0.25) is 0 Å². The highest BCUT2D eigenvalue weighted by molar-refractivity contribution is 5.42. The number of benzene rings is 1. The molecule has 2 rings (SSSR count). The Morgan fingerprint density at radius 2 is 2.11 bits per heavy atom. The van der Waals surface area contributed by atoms with Crippen LogP contribution in [0.4, 0.5) is 0 Å². The molecule has 0 atom stereocenters. The van der Waals surface area contributed by atoms with E-state index in [0.717, 1.165) is 29.2 Å². The fourth-order valence-electron chi connectivity index (χ4n) is 2.11. The molecule has 2 N–H and O–H groups in total. The normalized spacial score (nSPS) is 10.7. The number of aromatic nitrogens is 2. The number of hydrogen-bond acceptors (Lipinski definition) is 3. The second kappa shape index (κ2) is 5.23. The molecule has 0 saturated carbocycles. The Morgan fingerprint density at radius 1 is 1.33 bits per heavy atom. The minimum absolute atomic E-state index is 0.594. The second-order valence-corrected chi connectivity index (χ2v) is 4.36. The van der Waals surface area contributed by atoms with Crippen molar-refractivity contribution in [3.05, 3.63) is 41.1 Å². The third kappa shape index (κ3) is 2.24. The molecule has 0 aliphatic rings. The molecule has 0 aliphatic carbocycles. The van der Waals surface area contributed by atoms with Gasteiger partial charge < -0.3 is 10.5 Å². The summed E-state index contributed by atoms with van der Waals surface area (Å²) in [4.78, 5) is 0. The molecular weight excluding hydrogens is 226 g/mol. The van der Waals surface area contributed by atoms with Crippen molar-refractivity contribution in [2.75, 3.05) is 13.7 Å². The van der Waals surface area contributed by atoms with Gasteiger partial charge in [-0.2, -0.15) is 5.10 Å². The highest BCUT2D eigenvalue weighted by Gasteiger charge is 2.16. The van der Waals surface area contributed by atoms with Gasteiger partial charge in [0.15, 0.2) is 0 Å². The molecule has 4 heteroatoms. The maximum atomic E-state index is 5.63. The van der Waals surface area contributed by atoms with E-state index in [0.29, 0.717) is 6.54 Å². The molecule has 1 aromatic carbocycles. The summed E-state index contributed by atoms with van der Waals surface area (Å²) in [6.45, 7) is 4.64. The molecule has 0 bridgehead atoms. The van der Waals surface area contributed by atoms with Gasteiger partial charge in [-0.1, -0.05) is 12.1 Å². The molecule has 1 heterocycles. The van der Waals surface area contributed by atoms with Crippen LogP contribution in [0, 0.1) is 13.8 Å². The van der Waals surface area contributed by atoms with Gasteiger partial charge >= 0.3 is 0 Å². The van der Waals surface area contributed by atoms with Crippen molar-refractivity contribution < 1.29 is 4.74 Å². The third-order valence-electron chi connectivity index (χ3n) is 2.97. The number of hydrogen-bond donors (Lipinski definition) is 1. The van der Waals surface area contributed by atoms with E-state index in [2.05, 4.69) is 24.2 Å². The van der Waals surface area contributed by atoms with Crippen LogP contribution >= 0.6 is 0 Å². The molecular formula is C14H19N3O. The fraction of sp³-hybridized carbons (Fsp3) is 0.357. The van der Waals surface area contributed by atoms with Gasteiger partial charge in [0.1, 0.15) is 0 Å². The summed E-state index contributed by atoms with van der Waals surface area (Å²) in [6, 6.07) is 8.19. The largest absolute Gasteiger partial charge is 0.481 e. The van der Waals surface area contributed by atoms with Gasteiger partial charge in [0, 0.05) is 5.56 Å². The summed E-state index contributed by atoms with van der Waals surface area (Å²) < 4.78 is 7.33. The van der Waals surface area contributed by atoms with Crippen LogP contribution < -0.4 is 10.5 Å². The summed E-state index contributed by atoms with van der Waals surface area (Å²) in [7, 11) is 1.67. The van der Waals surface area contributed by atoms with E-state index in [1.165, 1.54) is 5.56 Å². The summed E-state index contributed by atoms with van der Waals surface area (Å²) in [5.41, 5.74) is 9.90. The zero-order valence-corrected chi connectivity index (χ0v) is 11.1. The van der Waals surface area contributed by atoms with Crippen molar-refractivity contribution in [3.8, 4) is 11.6 Å². The first-order valence-electron chi connectivity index (χ1n) is 6.07. The zero-order valence-electron chi connectivity index (χ0n) is 11.1. The van der Waals surface area contributed by atoms with Crippen LogP contribution in [-0.4, -0.2) is 23.4 Å². The van der Waals surface area contributed by atoms with E-state index in [4.69, 9.17) is 10.5 Å². The topological polar surface area (TPSA) is 53.1 Å². The molecule has 0 unspecified atom stereocenters. The number of aryl methyl sites for hydroxylation is 2. The van der Waals surface area contributed by atoms with E-state index in [-0.39, 0.29) is 0 Å². The summed E-state index contributed by atoms with van der Waals surface area (Å²) in [5, 5.41) is 4.55. The number of nitrogens with two attached hydrogens (primary N) is 1. The van der Waals surface area contributed by atoms with Crippen molar-refractivity contribution in [1.82, 2.24) is 9.78 Å². The molecule has 0 aliphatic heterocycles. The maximum absolute atomic E-state index is 5.63. The van der Waals surface area contributed by atoms with Gasteiger partial charge in [-0.15, -0.1) is 0 Å². The summed E-state index contributed by atoms with van der Waals surface area (Å²) in [5.74, 6) is 0.781. The molecule has 18 heavy (non-hydrogen) atoms. The Labute approximate surface area is 107 Å². The SMILES string of the molecule is COc1c(CCN)c(C)nn1-c1cccc(C)c1. The Bertz CT molecular complexity index is 546. The highest BCUT2D eigenvalue weighted by atomic mass is 16.5. The molecule has 4 nitrogen and oxygen atoms in total. The Morgan fingerprint density at radius 3 is 2.72 bits per heavy atom. The van der Waals surface area contributed by atoms with Crippen molar-refractivity contribution in [2.24, 2.45) is 5.73 Å². The molecule has 0 radical (unpaired) electrons. The smallest absolute Gasteiger partial charge is 0.219 e. The second-order valence-electron chi connectivity index (χ2n) is 4.36. The van der Waals surface area contributed by atoms with Crippen LogP contribution in [0.5, 0.6) is 5.88 Å². The lowest BCUT2D eigenvalue weighted by Crippen LogP contribution is -2.05. The summed E-state index contributed by atoms with van der Waals surface area (Å²) >= 11 is 0. The molecule has 1 aromatic heterocycles. The van der Waals surface area contributed by atoms with E-state index >= 15 is 0 Å². The lowest BCUT2D eigenvalue weighted by atomic mass is 10.2. The van der Waals surface area contributed by atoms with Gasteiger partial charge in [0.2, 0.25) is 5.88 Å². The van der Waals surface area contributed by atoms with E-state index in [1.54, 1.807) is 7.11 Å². The van der Waals surface area contributed by atoms with E-state index in [9.17, 15) is 0 Å². The Hall–Kier alpha value is -1.81. The molecule has 0 saturated heterocycles. The predicted octanol–water partition coefficient (Wildman–Crippen LogP) is 2.00. The van der Waals surface area contributed by atoms with Crippen LogP contribution in [0.2, 0.25) is 0 Å². The Balaban J connectivity index is 2.54. The lowest BCUT2D eigenvalue weighted by Gasteiger charge is -2.08. The first-order chi connectivity index (χ1) is 8.67. The van der Waals surface area contributed by atoms with Gasteiger partial charge in [-0.05, 0) is 44.5 Å². The highest BCUT2D eigenvalue weighted by Crippen LogP contribution is 2.26. The van der Waals surface area contributed by atoms with Crippen molar-refractivity contribution in [2.45, 2.75) is 20.3 Å². The number of ether oxygens (including phenoxy) is 1. The standard InChI is InChI=1S/C14H19N3O/c1-10-5-4-6-12(9-10)17-14(18-3)13(7-8-15)11(2)16-17/h4-6,9H,7-8,15H2,1-3H3. The molecule has 2 aromatic rings. The number of nitrogens with zero attached hydrogens (tertiary/aromatic N) is 2. The third-order valence-corrected chi connectivity index (χ3v) is 2.97. The first kappa shape index (κ1) is 12.6. The van der Waals surface area contributed by atoms with Crippen LogP contribution in [0.3, 0.4) is 0 Å². The van der Waals surface area contributed by atoms with Gasteiger partial charge in [0.05, 0.1) is 18.5 Å². The van der Waals surface area contributed by atoms with Crippen molar-refractivity contribution in [1.29, 1.82) is 0 Å². The quantitative estimate of drug-likeness (QED) is 0.896. The fourth-order valence-corrected chi connectivity index (χ4v) is 2.11. The average Bonchev–Trinajstić information content (AvgIpc) is 2.67. The Kier molecular flexibility index (Phi) is 3.67. The van der Waals surface area contributed by atoms with E-state index < -0.39 is 0 Å². The molecule has 96 valence electrons. The number of methoxy groups -OCH3 is 1. The lowest BCUT2D eigenvalue weighted by molar-refractivity contribution is 0.379. The van der Waals surface area contributed by atoms with Gasteiger partial charge in [0.25, 0.3) is 0 Å². The molecule has 0 spiro atoms. The predicted molar refractivity (Wildman–Crippen MR) is 72.3 cm³/mol. The first-order valence-corrected chi connectivity index (χ1v) is 6.07. The van der Waals surface area contributed by atoms with Gasteiger partial charge in [-0.25, -0.2) is 4.68 Å². The number of rotatable bonds is 4. The van der Waals surface area contributed by atoms with Crippen LogP contribution in [0.1, 0.15) is 16.8 Å². The molecule has 0 fully saturated rings. The van der Waals surface area contributed by atoms with E-state index in [1.807, 2.05) is 23.7 Å². The van der Waals surface area contributed by atoms with Crippen LogP contribution in [0.25, 0.3) is 5.69 Å². The van der Waals surface area contributed by atoms with Crippen molar-refractivity contribution >= 4 is 0 Å². The maximum Gasteiger partial charge on any atom is 0.219 e. The summed E-state index contributed by atoms with van der Waals surface area (Å²) in [6.07, 6.45) is 0.779. The molecule has 0 amide bonds. The minimum Gasteiger partial charge on any atom is -0.481 e. The zero-order chi connectivity index (χ0) is 13.1. The van der Waals surface area contributed by atoms with Crippen molar-refractivity contribution in [3.63, 3.8) is 0 Å². The average molecular weight is 245 g/mol.